The number of piperazine rings is 1. The molecular formula is C24H25ClN4O5S. The van der Waals surface area contributed by atoms with Gasteiger partial charge in [0, 0.05) is 67.3 Å². The Morgan fingerprint density at radius 1 is 1.00 bits per heavy atom. The lowest BCUT2D eigenvalue weighted by molar-refractivity contribution is -0.134. The van der Waals surface area contributed by atoms with Gasteiger partial charge in [0.2, 0.25) is 5.91 Å². The van der Waals surface area contributed by atoms with Crippen molar-refractivity contribution in [2.45, 2.75) is 17.7 Å². The number of sulfonamides is 1. The summed E-state index contributed by atoms with van der Waals surface area (Å²) in [6.45, 7) is 2.53. The lowest BCUT2D eigenvalue weighted by Gasteiger charge is -2.38. The van der Waals surface area contributed by atoms with Gasteiger partial charge in [-0.05, 0) is 49.1 Å². The van der Waals surface area contributed by atoms with Gasteiger partial charge in [-0.25, -0.2) is 13.2 Å². The first-order valence-corrected chi connectivity index (χ1v) is 13.3. The first kappa shape index (κ1) is 23.8. The number of aromatic nitrogens is 1. The summed E-state index contributed by atoms with van der Waals surface area (Å²) in [6.07, 6.45) is 5.47. The molecule has 3 aromatic rings. The van der Waals surface area contributed by atoms with Gasteiger partial charge in [0.1, 0.15) is 5.58 Å². The maximum absolute atomic E-state index is 13.2. The molecule has 2 saturated heterocycles. The van der Waals surface area contributed by atoms with Crippen LogP contribution in [0.25, 0.3) is 11.0 Å². The van der Waals surface area contributed by atoms with E-state index in [4.69, 9.17) is 16.0 Å². The third-order valence-electron chi connectivity index (χ3n) is 6.69. The number of rotatable bonds is 5. The zero-order valence-electron chi connectivity index (χ0n) is 19.0. The molecule has 11 heteroatoms. The van der Waals surface area contributed by atoms with Crippen molar-refractivity contribution >= 4 is 44.2 Å². The lowest BCUT2D eigenvalue weighted by atomic mass is 9.95. The fraction of sp³-hybridized carbons (Fsp3) is 0.375. The Balaban J connectivity index is 1.22. The molecule has 2 aliphatic heterocycles. The molecule has 9 nitrogen and oxygen atoms in total. The Kier molecular flexibility index (Phi) is 6.52. The van der Waals surface area contributed by atoms with Gasteiger partial charge >= 0.3 is 5.63 Å². The number of pyridine rings is 1. The molecule has 2 aromatic heterocycles. The van der Waals surface area contributed by atoms with Crippen LogP contribution in [0.5, 0.6) is 0 Å². The van der Waals surface area contributed by atoms with Crippen molar-refractivity contribution in [3.05, 3.63) is 64.2 Å². The smallest absolute Gasteiger partial charge is 0.356 e. The van der Waals surface area contributed by atoms with Crippen molar-refractivity contribution < 1.29 is 17.6 Å². The maximum Gasteiger partial charge on any atom is 0.356 e. The Hall–Kier alpha value is -2.95. The normalized spacial score (nSPS) is 18.4. The SMILES string of the molecule is O=C1CN(S(=O)(=O)c2cc3ccc(Cl)cc3oc2=O)CCN1CC1CCN(c2ccncc2)CC1. The van der Waals surface area contributed by atoms with Crippen LogP contribution in [-0.4, -0.2) is 67.8 Å². The van der Waals surface area contributed by atoms with E-state index in [1.54, 1.807) is 29.4 Å². The predicted octanol–water partition coefficient (Wildman–Crippen LogP) is 2.59. The zero-order valence-corrected chi connectivity index (χ0v) is 20.5. The summed E-state index contributed by atoms with van der Waals surface area (Å²) in [5.74, 6) is 0.105. The third kappa shape index (κ3) is 4.91. The first-order valence-electron chi connectivity index (χ1n) is 11.5. The van der Waals surface area contributed by atoms with Crippen LogP contribution in [0.15, 0.2) is 62.9 Å². The highest BCUT2D eigenvalue weighted by atomic mass is 35.5. The van der Waals surface area contributed by atoms with Crippen LogP contribution in [0.4, 0.5) is 5.69 Å². The van der Waals surface area contributed by atoms with Crippen LogP contribution in [-0.2, 0) is 14.8 Å². The Labute approximate surface area is 207 Å². The second kappa shape index (κ2) is 9.60. The lowest BCUT2D eigenvalue weighted by Crippen LogP contribution is -2.54. The molecule has 1 aromatic carbocycles. The average Bonchev–Trinajstić information content (AvgIpc) is 2.85. The molecule has 0 N–H and O–H groups in total. The van der Waals surface area contributed by atoms with E-state index < -0.39 is 20.5 Å². The Bertz CT molecular complexity index is 1400. The molecule has 0 atom stereocenters. The van der Waals surface area contributed by atoms with Gasteiger partial charge in [0.15, 0.2) is 4.90 Å². The molecule has 0 spiro atoms. The van der Waals surface area contributed by atoms with Gasteiger partial charge < -0.3 is 14.2 Å². The minimum Gasteiger partial charge on any atom is -0.422 e. The molecule has 2 aliphatic rings. The number of fused-ring (bicyclic) bond motifs is 1. The number of benzene rings is 1. The van der Waals surface area contributed by atoms with Crippen molar-refractivity contribution in [1.29, 1.82) is 0 Å². The van der Waals surface area contributed by atoms with Crippen LogP contribution in [0.2, 0.25) is 5.02 Å². The van der Waals surface area contributed by atoms with Gasteiger partial charge in [-0.3, -0.25) is 9.78 Å². The highest BCUT2D eigenvalue weighted by Gasteiger charge is 2.36. The number of hydrogen-bond donors (Lipinski definition) is 0. The molecule has 0 saturated carbocycles. The Morgan fingerprint density at radius 2 is 1.74 bits per heavy atom. The second-order valence-corrected chi connectivity index (χ2v) is 11.2. The number of nitrogens with zero attached hydrogens (tertiary/aromatic N) is 4. The standard InChI is InChI=1S/C24H25ClN4O5S/c25-19-2-1-18-13-22(24(31)34-21(18)14-19)35(32,33)29-12-11-28(23(30)16-29)15-17-5-9-27(10-6-17)20-3-7-26-8-4-20/h1-4,7-8,13-14,17H,5-6,9-12,15-16H2. The zero-order chi connectivity index (χ0) is 24.6. The summed E-state index contributed by atoms with van der Waals surface area (Å²) < 4.78 is 32.6. The van der Waals surface area contributed by atoms with Gasteiger partial charge in [-0.15, -0.1) is 0 Å². The van der Waals surface area contributed by atoms with Crippen molar-refractivity contribution in [1.82, 2.24) is 14.2 Å². The highest BCUT2D eigenvalue weighted by Crippen LogP contribution is 2.26. The summed E-state index contributed by atoms with van der Waals surface area (Å²) in [5, 5.41) is 0.816. The van der Waals surface area contributed by atoms with E-state index in [2.05, 4.69) is 9.88 Å². The van der Waals surface area contributed by atoms with Crippen molar-refractivity contribution in [2.75, 3.05) is 44.2 Å². The number of amides is 1. The molecule has 184 valence electrons. The van der Waals surface area contributed by atoms with Gasteiger partial charge in [0.25, 0.3) is 10.0 Å². The number of halogens is 1. The minimum absolute atomic E-state index is 0.127. The van der Waals surface area contributed by atoms with E-state index in [0.29, 0.717) is 22.9 Å². The number of hydrogen-bond acceptors (Lipinski definition) is 7. The number of carbonyl (C=O) groups excluding carboxylic acids is 1. The number of piperidine rings is 1. The molecule has 2 fully saturated rings. The predicted molar refractivity (Wildman–Crippen MR) is 132 cm³/mol. The largest absolute Gasteiger partial charge is 0.422 e. The van der Waals surface area contributed by atoms with Gasteiger partial charge in [-0.2, -0.15) is 4.31 Å². The summed E-state index contributed by atoms with van der Waals surface area (Å²) >= 11 is 5.92. The molecule has 5 rings (SSSR count). The van der Waals surface area contributed by atoms with E-state index >= 15 is 0 Å². The van der Waals surface area contributed by atoms with Crippen LogP contribution in [0.3, 0.4) is 0 Å². The van der Waals surface area contributed by atoms with E-state index in [1.165, 1.54) is 12.1 Å². The van der Waals surface area contributed by atoms with E-state index in [1.807, 2.05) is 12.1 Å². The fourth-order valence-electron chi connectivity index (χ4n) is 4.71. The Morgan fingerprint density at radius 3 is 2.46 bits per heavy atom. The van der Waals surface area contributed by atoms with Crippen molar-refractivity contribution in [2.24, 2.45) is 5.92 Å². The molecule has 0 aliphatic carbocycles. The first-order chi connectivity index (χ1) is 16.8. The minimum atomic E-state index is -4.19. The molecule has 35 heavy (non-hydrogen) atoms. The van der Waals surface area contributed by atoms with E-state index in [-0.39, 0.29) is 31.1 Å². The van der Waals surface area contributed by atoms with Crippen molar-refractivity contribution in [3.63, 3.8) is 0 Å². The maximum atomic E-state index is 13.2. The van der Waals surface area contributed by atoms with Crippen LogP contribution in [0, 0.1) is 5.92 Å². The average molecular weight is 517 g/mol. The fourth-order valence-corrected chi connectivity index (χ4v) is 6.28. The molecule has 1 amide bonds. The van der Waals surface area contributed by atoms with Crippen LogP contribution >= 0.6 is 11.6 Å². The molecular weight excluding hydrogens is 492 g/mol. The summed E-state index contributed by atoms with van der Waals surface area (Å²) in [4.78, 5) is 33.0. The molecule has 4 heterocycles. The van der Waals surface area contributed by atoms with Gasteiger partial charge in [-0.1, -0.05) is 11.6 Å². The van der Waals surface area contributed by atoms with E-state index in [0.717, 1.165) is 35.9 Å². The topological polar surface area (TPSA) is 104 Å². The van der Waals surface area contributed by atoms with E-state index in [9.17, 15) is 18.0 Å². The van der Waals surface area contributed by atoms with Crippen LogP contribution in [0.1, 0.15) is 12.8 Å². The highest BCUT2D eigenvalue weighted by molar-refractivity contribution is 7.89. The van der Waals surface area contributed by atoms with Crippen LogP contribution < -0.4 is 10.5 Å². The monoisotopic (exact) mass is 516 g/mol. The number of anilines is 1. The van der Waals surface area contributed by atoms with Crippen molar-refractivity contribution in [3.8, 4) is 0 Å². The summed E-state index contributed by atoms with van der Waals surface area (Å²) in [6, 6.07) is 9.90. The molecule has 0 unspecified atom stereocenters. The second-order valence-electron chi connectivity index (χ2n) is 8.89. The summed E-state index contributed by atoms with van der Waals surface area (Å²) in [5.41, 5.74) is 0.377. The number of carbonyl (C=O) groups is 1. The third-order valence-corrected chi connectivity index (χ3v) is 8.76. The molecule has 0 radical (unpaired) electrons. The summed E-state index contributed by atoms with van der Waals surface area (Å²) in [7, 11) is -4.19. The van der Waals surface area contributed by atoms with Gasteiger partial charge in [0.05, 0.1) is 6.54 Å². The molecule has 0 bridgehead atoms. The quantitative estimate of drug-likeness (QED) is 0.480.